The third-order valence-corrected chi connectivity index (χ3v) is 1.66. The van der Waals surface area contributed by atoms with Crippen molar-refractivity contribution in [3.8, 4) is 0 Å². The fourth-order valence-corrected chi connectivity index (χ4v) is 0.891. The molecule has 1 aromatic rings. The van der Waals surface area contributed by atoms with Crippen LogP contribution in [-0.4, -0.2) is 8.42 Å². The first kappa shape index (κ1) is 12.1. The summed E-state index contributed by atoms with van der Waals surface area (Å²) in [5, 5.41) is 4.06. The minimum Gasteiger partial charge on any atom is -0.231 e. The van der Waals surface area contributed by atoms with E-state index in [0.29, 0.717) is 0 Å². The molecule has 0 aliphatic rings. The number of benzene rings is 1. The van der Waals surface area contributed by atoms with Crippen LogP contribution in [0.15, 0.2) is 18.2 Å². The van der Waals surface area contributed by atoms with Gasteiger partial charge in [0.15, 0.2) is 10.9 Å². The molecule has 0 saturated heterocycles. The Kier molecular flexibility index (Phi) is 5.34. The summed E-state index contributed by atoms with van der Waals surface area (Å²) < 4.78 is 17.6. The maximum atomic E-state index is 8.81. The molecule has 0 heterocycles. The molecule has 2 N–H and O–H groups in total. The molecular weight excluding hydrogens is 186 g/mol. The van der Waals surface area contributed by atoms with Gasteiger partial charge in [-0.15, -0.1) is 0 Å². The Bertz CT molecular complexity index is 337. The zero-order chi connectivity index (χ0) is 10.4. The number of thiol groups is 1. The Labute approximate surface area is 80.7 Å². The van der Waals surface area contributed by atoms with Crippen molar-refractivity contribution in [2.45, 2.75) is 20.8 Å². The number of rotatable bonds is 0. The number of hydrogen-bond acceptors (Lipinski definition) is 2. The molecule has 0 spiro atoms. The molecule has 0 saturated carbocycles. The molecule has 74 valence electrons. The van der Waals surface area contributed by atoms with Gasteiger partial charge < -0.3 is 0 Å². The molecule has 0 bridgehead atoms. The van der Waals surface area contributed by atoms with Gasteiger partial charge in [0.1, 0.15) is 0 Å². The Morgan fingerprint density at radius 2 is 1.54 bits per heavy atom. The van der Waals surface area contributed by atoms with Gasteiger partial charge in [-0.25, -0.2) is 13.6 Å². The Morgan fingerprint density at radius 3 is 1.85 bits per heavy atom. The highest BCUT2D eigenvalue weighted by Crippen LogP contribution is 2.07. The van der Waals surface area contributed by atoms with Crippen LogP contribution >= 0.6 is 0 Å². The lowest BCUT2D eigenvalue weighted by atomic mass is 10.1. The minimum atomic E-state index is -2.62. The SMILES string of the molecule is Cc1ccc(C)c(C)c1.N[SH](=O)=O. The first-order valence-corrected chi connectivity index (χ1v) is 5.11. The van der Waals surface area contributed by atoms with E-state index < -0.39 is 10.9 Å². The number of aryl methyl sites for hydroxylation is 3. The van der Waals surface area contributed by atoms with E-state index in [0.717, 1.165) is 0 Å². The van der Waals surface area contributed by atoms with Crippen LogP contribution in [0, 0.1) is 20.8 Å². The molecule has 4 heteroatoms. The molecule has 0 aromatic heterocycles. The smallest absolute Gasteiger partial charge is 0.198 e. The second-order valence-electron chi connectivity index (χ2n) is 2.87. The summed E-state index contributed by atoms with van der Waals surface area (Å²) in [6, 6.07) is 6.50. The van der Waals surface area contributed by atoms with E-state index in [2.05, 4.69) is 44.1 Å². The molecule has 1 rings (SSSR count). The third-order valence-electron chi connectivity index (χ3n) is 1.66. The maximum absolute atomic E-state index is 8.81. The van der Waals surface area contributed by atoms with Crippen LogP contribution in [0.4, 0.5) is 0 Å². The molecule has 13 heavy (non-hydrogen) atoms. The van der Waals surface area contributed by atoms with Gasteiger partial charge in [-0.1, -0.05) is 23.8 Å². The molecule has 0 atom stereocenters. The van der Waals surface area contributed by atoms with Crippen molar-refractivity contribution in [1.82, 2.24) is 0 Å². The zero-order valence-corrected chi connectivity index (χ0v) is 8.97. The van der Waals surface area contributed by atoms with E-state index >= 15 is 0 Å². The van der Waals surface area contributed by atoms with Crippen LogP contribution in [0.25, 0.3) is 0 Å². The van der Waals surface area contributed by atoms with Crippen molar-refractivity contribution in [3.63, 3.8) is 0 Å². The van der Waals surface area contributed by atoms with Gasteiger partial charge in [-0.2, -0.15) is 0 Å². The lowest BCUT2D eigenvalue weighted by Crippen LogP contribution is -1.85. The van der Waals surface area contributed by atoms with E-state index in [1.54, 1.807) is 0 Å². The van der Waals surface area contributed by atoms with E-state index in [1.807, 2.05) is 0 Å². The van der Waals surface area contributed by atoms with Gasteiger partial charge in [-0.05, 0) is 31.9 Å². The molecule has 0 amide bonds. The van der Waals surface area contributed by atoms with Crippen molar-refractivity contribution in [3.05, 3.63) is 34.9 Å². The average Bonchev–Trinajstić information content (AvgIpc) is 1.96. The van der Waals surface area contributed by atoms with Gasteiger partial charge >= 0.3 is 0 Å². The lowest BCUT2D eigenvalue weighted by Gasteiger charge is -1.98. The van der Waals surface area contributed by atoms with Crippen LogP contribution in [-0.2, 0) is 10.9 Å². The van der Waals surface area contributed by atoms with Gasteiger partial charge in [0.2, 0.25) is 0 Å². The second-order valence-corrected chi connectivity index (χ2v) is 3.44. The van der Waals surface area contributed by atoms with Crippen molar-refractivity contribution in [2.75, 3.05) is 0 Å². The van der Waals surface area contributed by atoms with E-state index in [4.69, 9.17) is 8.42 Å². The standard InChI is InChI=1S/C9H12.H3NO2S/c1-7-4-5-8(2)9(3)6-7;1-4(2)3/h4-6H,1-3H3;4H,(H2,1,2,3). The number of hydrogen-bond donors (Lipinski definition) is 2. The molecule has 0 aliphatic heterocycles. The Balaban J connectivity index is 0.000000310. The summed E-state index contributed by atoms with van der Waals surface area (Å²) in [5.74, 6) is 0. The van der Waals surface area contributed by atoms with Crippen molar-refractivity contribution < 1.29 is 8.42 Å². The third kappa shape index (κ3) is 6.31. The summed E-state index contributed by atoms with van der Waals surface area (Å²) in [5.41, 5.74) is 4.11. The zero-order valence-electron chi connectivity index (χ0n) is 8.07. The van der Waals surface area contributed by atoms with E-state index in [-0.39, 0.29) is 0 Å². The fourth-order valence-electron chi connectivity index (χ4n) is 0.891. The van der Waals surface area contributed by atoms with Crippen LogP contribution in [0.5, 0.6) is 0 Å². The Morgan fingerprint density at radius 1 is 1.08 bits per heavy atom. The van der Waals surface area contributed by atoms with Gasteiger partial charge in [0, 0.05) is 0 Å². The lowest BCUT2D eigenvalue weighted by molar-refractivity contribution is 0.616. The first-order valence-electron chi connectivity index (χ1n) is 3.86. The Hall–Kier alpha value is -0.870. The number of nitrogens with two attached hydrogens (primary N) is 1. The van der Waals surface area contributed by atoms with Crippen LogP contribution in [0.2, 0.25) is 0 Å². The molecule has 0 fully saturated rings. The van der Waals surface area contributed by atoms with Crippen molar-refractivity contribution in [2.24, 2.45) is 5.14 Å². The highest BCUT2D eigenvalue weighted by Gasteiger charge is 1.89. The van der Waals surface area contributed by atoms with Crippen LogP contribution in [0.3, 0.4) is 0 Å². The summed E-state index contributed by atoms with van der Waals surface area (Å²) in [4.78, 5) is 0. The van der Waals surface area contributed by atoms with Gasteiger partial charge in [0.05, 0.1) is 0 Å². The van der Waals surface area contributed by atoms with Gasteiger partial charge in [0.25, 0.3) is 0 Å². The molecule has 3 nitrogen and oxygen atoms in total. The molecular formula is C9H15NO2S. The molecule has 0 unspecified atom stereocenters. The van der Waals surface area contributed by atoms with Crippen LogP contribution in [0.1, 0.15) is 16.7 Å². The fraction of sp³-hybridized carbons (Fsp3) is 0.333. The van der Waals surface area contributed by atoms with Gasteiger partial charge in [-0.3, -0.25) is 0 Å². The normalized spacial score (nSPS) is 9.31. The maximum Gasteiger partial charge on any atom is 0.198 e. The highest BCUT2D eigenvalue weighted by molar-refractivity contribution is 7.69. The van der Waals surface area contributed by atoms with E-state index in [9.17, 15) is 0 Å². The first-order chi connectivity index (χ1) is 5.93. The van der Waals surface area contributed by atoms with Crippen LogP contribution < -0.4 is 5.14 Å². The summed E-state index contributed by atoms with van der Waals surface area (Å²) in [6.07, 6.45) is 0. The molecule has 0 radical (unpaired) electrons. The minimum absolute atomic E-state index is 1.35. The molecule has 1 aromatic carbocycles. The topological polar surface area (TPSA) is 60.2 Å². The highest BCUT2D eigenvalue weighted by atomic mass is 32.2. The monoisotopic (exact) mass is 201 g/mol. The van der Waals surface area contributed by atoms with Crippen molar-refractivity contribution >= 4 is 10.9 Å². The second kappa shape index (κ2) is 5.72. The molecule has 0 aliphatic carbocycles. The predicted octanol–water partition coefficient (Wildman–Crippen LogP) is 1.08. The summed E-state index contributed by atoms with van der Waals surface area (Å²) >= 11 is 0. The van der Waals surface area contributed by atoms with E-state index in [1.165, 1.54) is 16.7 Å². The predicted molar refractivity (Wildman–Crippen MR) is 55.2 cm³/mol. The quantitative estimate of drug-likeness (QED) is 0.617. The summed E-state index contributed by atoms with van der Waals surface area (Å²) in [7, 11) is -2.62. The largest absolute Gasteiger partial charge is 0.231 e. The average molecular weight is 201 g/mol. The summed E-state index contributed by atoms with van der Waals surface area (Å²) in [6.45, 7) is 6.39. The van der Waals surface area contributed by atoms with Crippen molar-refractivity contribution in [1.29, 1.82) is 0 Å².